The molecule has 0 spiro atoms. The van der Waals surface area contributed by atoms with Gasteiger partial charge in [-0.05, 0) is 106 Å². The number of halogens is 1. The second kappa shape index (κ2) is 11.1. The summed E-state index contributed by atoms with van der Waals surface area (Å²) < 4.78 is 10.8. The second-order valence-electron chi connectivity index (χ2n) is 9.43. The number of carbonyl (C=O) groups excluding carboxylic acids is 4. The van der Waals surface area contributed by atoms with Gasteiger partial charge in [-0.15, -0.1) is 0 Å². The summed E-state index contributed by atoms with van der Waals surface area (Å²) in [5, 5.41) is 2.59. The van der Waals surface area contributed by atoms with Crippen LogP contribution in [-0.2, 0) is 14.3 Å². The maximum Gasteiger partial charge on any atom is 0.343 e. The van der Waals surface area contributed by atoms with Crippen molar-refractivity contribution in [2.24, 2.45) is 0 Å². The number of nitrogens with zero attached hydrogens (tertiary/aromatic N) is 1. The number of nitrogens with one attached hydrogen (secondary N) is 1. The summed E-state index contributed by atoms with van der Waals surface area (Å²) in [6.45, 7) is 9.25. The Bertz CT molecular complexity index is 1510. The number of hydrogen-bond acceptors (Lipinski definition) is 7. The Kier molecular flexibility index (Phi) is 7.88. The van der Waals surface area contributed by atoms with Crippen molar-refractivity contribution >= 4 is 46.7 Å². The largest absolute Gasteiger partial charge is 0.459 e. The fourth-order valence-corrected chi connectivity index (χ4v) is 4.19. The molecule has 1 aliphatic rings. The predicted molar refractivity (Wildman–Crippen MR) is 148 cm³/mol. The first-order valence-corrected chi connectivity index (χ1v) is 12.6. The van der Waals surface area contributed by atoms with Gasteiger partial charge in [-0.2, -0.15) is 0 Å². The normalized spacial score (nSPS) is 13.3. The molecule has 3 aromatic carbocycles. The lowest BCUT2D eigenvalue weighted by atomic mass is 10.1. The van der Waals surface area contributed by atoms with E-state index in [2.05, 4.69) is 5.32 Å². The summed E-state index contributed by atoms with van der Waals surface area (Å²) in [6, 6.07) is 16.0. The van der Waals surface area contributed by atoms with Crippen molar-refractivity contribution in [2.45, 2.75) is 40.7 Å². The first-order chi connectivity index (χ1) is 18.5. The molecule has 0 bridgehead atoms. The van der Waals surface area contributed by atoms with Crippen molar-refractivity contribution in [2.75, 3.05) is 10.2 Å². The van der Waals surface area contributed by atoms with Gasteiger partial charge in [-0.1, -0.05) is 17.7 Å². The summed E-state index contributed by atoms with van der Waals surface area (Å²) in [5.74, 6) is -1.89. The quantitative estimate of drug-likeness (QED) is 0.226. The molecule has 0 aromatic heterocycles. The summed E-state index contributed by atoms with van der Waals surface area (Å²) in [5.41, 5.74) is 4.08. The maximum absolute atomic E-state index is 13.1. The number of anilines is 2. The molecule has 3 aromatic rings. The number of ether oxygens (including phenoxy) is 2. The highest BCUT2D eigenvalue weighted by Crippen LogP contribution is 2.31. The SMILES string of the molecule is Cc1cc(C)c(C)c(OC(=O)c2ccc(NC3=C(Cl)C(=O)N(c4ccc(C(=O)OC(C)C)cc4)C3=O)cc2)c1. The van der Waals surface area contributed by atoms with Gasteiger partial charge in [0.2, 0.25) is 0 Å². The van der Waals surface area contributed by atoms with E-state index in [1.54, 1.807) is 38.1 Å². The molecule has 0 saturated carbocycles. The molecule has 0 atom stereocenters. The minimum Gasteiger partial charge on any atom is -0.459 e. The molecule has 1 N–H and O–H groups in total. The lowest BCUT2D eigenvalue weighted by molar-refractivity contribution is -0.120. The third kappa shape index (κ3) is 5.86. The molecule has 0 fully saturated rings. The molecule has 0 aliphatic carbocycles. The molecular weight excluding hydrogens is 520 g/mol. The van der Waals surface area contributed by atoms with Crippen LogP contribution in [0.1, 0.15) is 51.3 Å². The number of rotatable bonds is 7. The molecule has 9 heteroatoms. The van der Waals surface area contributed by atoms with Gasteiger partial charge in [0.1, 0.15) is 16.5 Å². The topological polar surface area (TPSA) is 102 Å². The monoisotopic (exact) mass is 546 g/mol. The number of aryl methyl sites for hydroxylation is 2. The van der Waals surface area contributed by atoms with E-state index in [-0.39, 0.29) is 28.1 Å². The Morgan fingerprint density at radius 2 is 1.44 bits per heavy atom. The number of benzene rings is 3. The Labute approximate surface area is 231 Å². The van der Waals surface area contributed by atoms with Crippen molar-refractivity contribution in [3.63, 3.8) is 0 Å². The number of esters is 2. The van der Waals surface area contributed by atoms with Crippen LogP contribution in [0.25, 0.3) is 0 Å². The minimum atomic E-state index is -0.703. The van der Waals surface area contributed by atoms with Crippen molar-refractivity contribution in [1.82, 2.24) is 0 Å². The zero-order valence-corrected chi connectivity index (χ0v) is 22.9. The molecule has 1 heterocycles. The van der Waals surface area contributed by atoms with Crippen LogP contribution in [0.5, 0.6) is 5.75 Å². The Morgan fingerprint density at radius 3 is 2.05 bits per heavy atom. The number of carbonyl (C=O) groups is 4. The molecule has 4 rings (SSSR count). The first kappa shape index (κ1) is 27.6. The molecule has 8 nitrogen and oxygen atoms in total. The molecule has 2 amide bonds. The number of hydrogen-bond donors (Lipinski definition) is 1. The van der Waals surface area contributed by atoms with Crippen molar-refractivity contribution in [3.8, 4) is 5.75 Å². The molecule has 0 unspecified atom stereocenters. The van der Waals surface area contributed by atoms with E-state index in [0.29, 0.717) is 17.0 Å². The molecule has 0 radical (unpaired) electrons. The first-order valence-electron chi connectivity index (χ1n) is 12.2. The van der Waals surface area contributed by atoms with Gasteiger partial charge < -0.3 is 14.8 Å². The van der Waals surface area contributed by atoms with Gasteiger partial charge in [0.05, 0.1) is 22.9 Å². The van der Waals surface area contributed by atoms with Gasteiger partial charge in [-0.3, -0.25) is 9.59 Å². The van der Waals surface area contributed by atoms with Crippen LogP contribution in [0.4, 0.5) is 11.4 Å². The van der Waals surface area contributed by atoms with Crippen LogP contribution in [0.2, 0.25) is 0 Å². The Hall–Kier alpha value is -4.43. The van der Waals surface area contributed by atoms with Gasteiger partial charge in [0, 0.05) is 5.69 Å². The van der Waals surface area contributed by atoms with Gasteiger partial charge >= 0.3 is 11.9 Å². The average Bonchev–Trinajstić information content (AvgIpc) is 3.10. The van der Waals surface area contributed by atoms with Gasteiger partial charge in [-0.25, -0.2) is 14.5 Å². The Morgan fingerprint density at radius 1 is 0.846 bits per heavy atom. The summed E-state index contributed by atoms with van der Waals surface area (Å²) in [7, 11) is 0. The van der Waals surface area contributed by atoms with Crippen LogP contribution in [0.3, 0.4) is 0 Å². The van der Waals surface area contributed by atoms with Crippen molar-refractivity contribution < 1.29 is 28.7 Å². The maximum atomic E-state index is 13.1. The molecule has 1 aliphatic heterocycles. The third-order valence-electron chi connectivity index (χ3n) is 6.09. The van der Waals surface area contributed by atoms with Crippen LogP contribution in [0.15, 0.2) is 71.4 Å². The van der Waals surface area contributed by atoms with Crippen LogP contribution < -0.4 is 15.0 Å². The minimum absolute atomic E-state index is 0.105. The van der Waals surface area contributed by atoms with E-state index >= 15 is 0 Å². The zero-order chi connectivity index (χ0) is 28.4. The smallest absolute Gasteiger partial charge is 0.343 e. The van der Waals surface area contributed by atoms with Crippen molar-refractivity contribution in [3.05, 3.63) is 99.2 Å². The Balaban J connectivity index is 1.46. The van der Waals surface area contributed by atoms with Crippen LogP contribution in [-0.4, -0.2) is 29.9 Å². The molecular formula is C30H27ClN2O6. The number of imide groups is 1. The van der Waals surface area contributed by atoms with Crippen molar-refractivity contribution in [1.29, 1.82) is 0 Å². The zero-order valence-electron chi connectivity index (χ0n) is 22.1. The van der Waals surface area contributed by atoms with Crippen LogP contribution >= 0.6 is 11.6 Å². The highest BCUT2D eigenvalue weighted by molar-refractivity contribution is 6.53. The second-order valence-corrected chi connectivity index (χ2v) is 9.81. The van der Waals surface area contributed by atoms with E-state index < -0.39 is 23.8 Å². The van der Waals surface area contributed by atoms with E-state index in [1.165, 1.54) is 24.3 Å². The summed E-state index contributed by atoms with van der Waals surface area (Å²) >= 11 is 6.23. The third-order valence-corrected chi connectivity index (χ3v) is 6.44. The van der Waals surface area contributed by atoms with E-state index in [9.17, 15) is 19.2 Å². The summed E-state index contributed by atoms with van der Waals surface area (Å²) in [4.78, 5) is 51.6. The fraction of sp³-hybridized carbons (Fsp3) is 0.200. The standard InChI is InChI=1S/C30H27ClN2O6/c1-16(2)38-29(36)21-8-12-23(13-9-21)33-27(34)25(31)26(28(33)35)32-22-10-6-20(7-11-22)30(37)39-24-15-17(3)14-18(4)19(24)5/h6-16,32H,1-5H3. The lowest BCUT2D eigenvalue weighted by Crippen LogP contribution is -2.32. The average molecular weight is 547 g/mol. The van der Waals surface area contributed by atoms with E-state index in [4.69, 9.17) is 21.1 Å². The van der Waals surface area contributed by atoms with E-state index in [1.807, 2.05) is 32.9 Å². The van der Waals surface area contributed by atoms with Gasteiger partial charge in [0.25, 0.3) is 11.8 Å². The molecule has 200 valence electrons. The van der Waals surface area contributed by atoms with E-state index in [0.717, 1.165) is 21.6 Å². The highest BCUT2D eigenvalue weighted by atomic mass is 35.5. The number of amides is 2. The van der Waals surface area contributed by atoms with Gasteiger partial charge in [0.15, 0.2) is 0 Å². The molecule has 0 saturated heterocycles. The fourth-order valence-electron chi connectivity index (χ4n) is 3.97. The lowest BCUT2D eigenvalue weighted by Gasteiger charge is -2.16. The highest BCUT2D eigenvalue weighted by Gasteiger charge is 2.39. The summed E-state index contributed by atoms with van der Waals surface area (Å²) in [6.07, 6.45) is -0.281. The molecule has 39 heavy (non-hydrogen) atoms. The predicted octanol–water partition coefficient (Wildman–Crippen LogP) is 5.83. The van der Waals surface area contributed by atoms with Crippen LogP contribution in [0, 0.1) is 20.8 Å².